The third-order valence-corrected chi connectivity index (χ3v) is 2.41. The molecule has 0 aromatic rings. The molecule has 1 heteroatoms. The van der Waals surface area contributed by atoms with Gasteiger partial charge in [-0.05, 0) is 18.3 Å². The smallest absolute Gasteiger partial charge is 0.0570 e. The number of hydrogen-bond acceptors (Lipinski definition) is 1. The molecule has 1 nitrogen and oxygen atoms in total. The number of aliphatic hydroxyl groups is 1. The maximum atomic E-state index is 9.68. The number of aliphatic hydroxyl groups excluding tert-OH is 1. The standard InChI is InChI=1S/C10H22O/c1-5-7-10(11)9(6-2)8(3)4/h8-11H,5-7H2,1-4H3/t9-,10+/m0/s1. The molecule has 0 radical (unpaired) electrons. The lowest BCUT2D eigenvalue weighted by molar-refractivity contribution is 0.0708. The first-order valence-corrected chi connectivity index (χ1v) is 4.81. The molecular weight excluding hydrogens is 136 g/mol. The van der Waals surface area contributed by atoms with Crippen molar-refractivity contribution in [3.05, 3.63) is 0 Å². The Morgan fingerprint density at radius 2 is 1.73 bits per heavy atom. The van der Waals surface area contributed by atoms with E-state index in [9.17, 15) is 5.11 Å². The molecule has 0 amide bonds. The highest BCUT2D eigenvalue weighted by atomic mass is 16.3. The molecule has 1 N–H and O–H groups in total. The lowest BCUT2D eigenvalue weighted by Crippen LogP contribution is -2.24. The van der Waals surface area contributed by atoms with Crippen LogP contribution in [0.15, 0.2) is 0 Å². The molecule has 0 aromatic carbocycles. The van der Waals surface area contributed by atoms with Gasteiger partial charge in [-0.3, -0.25) is 0 Å². The van der Waals surface area contributed by atoms with E-state index in [4.69, 9.17) is 0 Å². The third-order valence-electron chi connectivity index (χ3n) is 2.41. The first-order chi connectivity index (χ1) is 5.13. The Kier molecular flexibility index (Phi) is 5.57. The average molecular weight is 158 g/mol. The molecule has 0 spiro atoms. The fraction of sp³-hybridized carbons (Fsp3) is 1.00. The van der Waals surface area contributed by atoms with Crippen LogP contribution in [0.3, 0.4) is 0 Å². The van der Waals surface area contributed by atoms with Gasteiger partial charge in [-0.15, -0.1) is 0 Å². The van der Waals surface area contributed by atoms with Crippen molar-refractivity contribution in [2.75, 3.05) is 0 Å². The van der Waals surface area contributed by atoms with E-state index in [1.54, 1.807) is 0 Å². The third kappa shape index (κ3) is 3.76. The molecule has 11 heavy (non-hydrogen) atoms. The van der Waals surface area contributed by atoms with Crippen molar-refractivity contribution in [3.63, 3.8) is 0 Å². The number of rotatable bonds is 5. The SMILES string of the molecule is CCC[C@@H](O)[C@@H](CC)C(C)C. The fourth-order valence-electron chi connectivity index (χ4n) is 1.70. The molecule has 0 saturated carbocycles. The van der Waals surface area contributed by atoms with E-state index in [2.05, 4.69) is 27.7 Å². The fourth-order valence-corrected chi connectivity index (χ4v) is 1.70. The van der Waals surface area contributed by atoms with Crippen LogP contribution in [0.4, 0.5) is 0 Å². The van der Waals surface area contributed by atoms with Gasteiger partial charge in [-0.1, -0.05) is 40.5 Å². The zero-order valence-electron chi connectivity index (χ0n) is 8.30. The normalized spacial score (nSPS) is 16.9. The van der Waals surface area contributed by atoms with Crippen molar-refractivity contribution in [1.29, 1.82) is 0 Å². The molecule has 68 valence electrons. The van der Waals surface area contributed by atoms with Crippen molar-refractivity contribution >= 4 is 0 Å². The van der Waals surface area contributed by atoms with Crippen LogP contribution in [0.2, 0.25) is 0 Å². The van der Waals surface area contributed by atoms with Gasteiger partial charge in [-0.2, -0.15) is 0 Å². The summed E-state index contributed by atoms with van der Waals surface area (Å²) in [6, 6.07) is 0. The van der Waals surface area contributed by atoms with Gasteiger partial charge in [-0.25, -0.2) is 0 Å². The van der Waals surface area contributed by atoms with E-state index >= 15 is 0 Å². The Labute approximate surface area is 70.8 Å². The summed E-state index contributed by atoms with van der Waals surface area (Å²) in [4.78, 5) is 0. The van der Waals surface area contributed by atoms with E-state index in [1.807, 2.05) is 0 Å². The zero-order chi connectivity index (χ0) is 8.85. The maximum Gasteiger partial charge on any atom is 0.0570 e. The van der Waals surface area contributed by atoms with Crippen LogP contribution in [0, 0.1) is 11.8 Å². The monoisotopic (exact) mass is 158 g/mol. The summed E-state index contributed by atoms with van der Waals surface area (Å²) >= 11 is 0. The van der Waals surface area contributed by atoms with Gasteiger partial charge in [0.05, 0.1) is 6.10 Å². The van der Waals surface area contributed by atoms with Crippen LogP contribution in [0.5, 0.6) is 0 Å². The van der Waals surface area contributed by atoms with Gasteiger partial charge in [0.2, 0.25) is 0 Å². The highest BCUT2D eigenvalue weighted by Gasteiger charge is 2.19. The first kappa shape index (κ1) is 11.0. The lowest BCUT2D eigenvalue weighted by atomic mass is 9.86. The number of hydrogen-bond donors (Lipinski definition) is 1. The van der Waals surface area contributed by atoms with Crippen molar-refractivity contribution < 1.29 is 5.11 Å². The molecule has 2 atom stereocenters. The predicted octanol–water partition coefficient (Wildman–Crippen LogP) is 2.83. The van der Waals surface area contributed by atoms with E-state index in [-0.39, 0.29) is 6.10 Å². The molecule has 0 aliphatic rings. The Morgan fingerprint density at radius 3 is 2.00 bits per heavy atom. The lowest BCUT2D eigenvalue weighted by Gasteiger charge is -2.24. The van der Waals surface area contributed by atoms with Gasteiger partial charge in [0, 0.05) is 0 Å². The molecule has 0 fully saturated rings. The van der Waals surface area contributed by atoms with Crippen LogP contribution in [-0.4, -0.2) is 11.2 Å². The van der Waals surface area contributed by atoms with Crippen molar-refractivity contribution in [3.8, 4) is 0 Å². The minimum absolute atomic E-state index is 0.0787. The van der Waals surface area contributed by atoms with Crippen LogP contribution in [0.1, 0.15) is 47.0 Å². The second kappa shape index (κ2) is 5.59. The van der Waals surface area contributed by atoms with Gasteiger partial charge in [0.1, 0.15) is 0 Å². The van der Waals surface area contributed by atoms with Crippen LogP contribution in [0.25, 0.3) is 0 Å². The predicted molar refractivity (Wildman–Crippen MR) is 49.5 cm³/mol. The average Bonchev–Trinajstić information content (AvgIpc) is 1.88. The topological polar surface area (TPSA) is 20.2 Å². The minimum atomic E-state index is -0.0787. The summed E-state index contributed by atoms with van der Waals surface area (Å²) in [5.41, 5.74) is 0. The summed E-state index contributed by atoms with van der Waals surface area (Å²) in [5.74, 6) is 1.11. The molecule has 0 bridgehead atoms. The Hall–Kier alpha value is -0.0400. The highest BCUT2D eigenvalue weighted by molar-refractivity contribution is 4.69. The van der Waals surface area contributed by atoms with Crippen LogP contribution < -0.4 is 0 Å². The second-order valence-corrected chi connectivity index (χ2v) is 3.67. The minimum Gasteiger partial charge on any atom is -0.393 e. The summed E-state index contributed by atoms with van der Waals surface area (Å²) in [7, 11) is 0. The molecular formula is C10H22O. The van der Waals surface area contributed by atoms with E-state index in [1.165, 1.54) is 0 Å². The van der Waals surface area contributed by atoms with E-state index in [0.29, 0.717) is 11.8 Å². The largest absolute Gasteiger partial charge is 0.393 e. The summed E-state index contributed by atoms with van der Waals surface area (Å²) in [6.07, 6.45) is 3.06. The van der Waals surface area contributed by atoms with Gasteiger partial charge < -0.3 is 5.11 Å². The Morgan fingerprint density at radius 1 is 1.18 bits per heavy atom. The highest BCUT2D eigenvalue weighted by Crippen LogP contribution is 2.21. The Bertz CT molecular complexity index is 88.9. The zero-order valence-corrected chi connectivity index (χ0v) is 8.30. The summed E-state index contributed by atoms with van der Waals surface area (Å²) in [5, 5.41) is 9.68. The van der Waals surface area contributed by atoms with Gasteiger partial charge in [0.25, 0.3) is 0 Å². The van der Waals surface area contributed by atoms with Crippen LogP contribution in [-0.2, 0) is 0 Å². The summed E-state index contributed by atoms with van der Waals surface area (Å²) in [6.45, 7) is 8.65. The molecule has 0 saturated heterocycles. The molecule has 0 aromatic heterocycles. The van der Waals surface area contributed by atoms with E-state index in [0.717, 1.165) is 19.3 Å². The Balaban J connectivity index is 3.81. The quantitative estimate of drug-likeness (QED) is 0.652. The molecule has 0 heterocycles. The van der Waals surface area contributed by atoms with Gasteiger partial charge >= 0.3 is 0 Å². The summed E-state index contributed by atoms with van der Waals surface area (Å²) < 4.78 is 0. The first-order valence-electron chi connectivity index (χ1n) is 4.81. The molecule has 0 aliphatic heterocycles. The van der Waals surface area contributed by atoms with Crippen molar-refractivity contribution in [2.45, 2.75) is 53.1 Å². The van der Waals surface area contributed by atoms with Crippen molar-refractivity contribution in [1.82, 2.24) is 0 Å². The van der Waals surface area contributed by atoms with Gasteiger partial charge in [0.15, 0.2) is 0 Å². The maximum absolute atomic E-state index is 9.68. The van der Waals surface area contributed by atoms with E-state index < -0.39 is 0 Å². The second-order valence-electron chi connectivity index (χ2n) is 3.67. The molecule has 0 unspecified atom stereocenters. The van der Waals surface area contributed by atoms with Crippen LogP contribution >= 0.6 is 0 Å². The molecule has 0 aliphatic carbocycles. The molecule has 0 rings (SSSR count). The van der Waals surface area contributed by atoms with Crippen molar-refractivity contribution in [2.24, 2.45) is 11.8 Å².